The number of hydrogen-bond donors (Lipinski definition) is 2. The molecule has 0 aliphatic carbocycles. The molecule has 0 heterocycles. The van der Waals surface area contributed by atoms with Gasteiger partial charge in [-0.3, -0.25) is 4.79 Å². The van der Waals surface area contributed by atoms with Crippen LogP contribution in [0.2, 0.25) is 0 Å². The Kier molecular flexibility index (Phi) is 8.46. The van der Waals surface area contributed by atoms with E-state index >= 15 is 0 Å². The average Bonchev–Trinajstić information content (AvgIpc) is 2.51. The van der Waals surface area contributed by atoms with Gasteiger partial charge in [0, 0.05) is 19.5 Å². The molecule has 0 aromatic heterocycles. The fraction of sp³-hybridized carbons (Fsp3) is 0.600. The Morgan fingerprint density at radius 3 is 2.20 bits per heavy atom. The Labute approximate surface area is 151 Å². The van der Waals surface area contributed by atoms with Gasteiger partial charge in [0.25, 0.3) is 0 Å². The summed E-state index contributed by atoms with van der Waals surface area (Å²) in [4.78, 5) is 23.3. The van der Waals surface area contributed by atoms with Gasteiger partial charge in [-0.1, -0.05) is 38.1 Å². The number of carbonyl (C=O) groups excluding carboxylic acids is 2. The lowest BCUT2D eigenvalue weighted by Crippen LogP contribution is -2.34. The molecule has 2 amide bonds. The second-order valence-corrected chi connectivity index (χ2v) is 7.53. The van der Waals surface area contributed by atoms with Crippen molar-refractivity contribution in [3.05, 3.63) is 35.4 Å². The topological polar surface area (TPSA) is 67.4 Å². The number of nitrogens with one attached hydrogen (secondary N) is 2. The number of carbonyl (C=O) groups is 2. The predicted molar refractivity (Wildman–Crippen MR) is 101 cm³/mol. The van der Waals surface area contributed by atoms with E-state index in [4.69, 9.17) is 4.74 Å². The van der Waals surface area contributed by atoms with Crippen LogP contribution in [-0.2, 0) is 16.0 Å². The molecule has 0 aliphatic heterocycles. The zero-order chi connectivity index (χ0) is 18.9. The van der Waals surface area contributed by atoms with Gasteiger partial charge in [-0.25, -0.2) is 4.79 Å². The minimum Gasteiger partial charge on any atom is -0.444 e. The van der Waals surface area contributed by atoms with E-state index in [1.807, 2.05) is 20.8 Å². The van der Waals surface area contributed by atoms with Gasteiger partial charge >= 0.3 is 6.09 Å². The highest BCUT2D eigenvalue weighted by atomic mass is 16.6. The summed E-state index contributed by atoms with van der Waals surface area (Å²) in [7, 11) is 0. The van der Waals surface area contributed by atoms with Crippen molar-refractivity contribution in [2.24, 2.45) is 0 Å². The van der Waals surface area contributed by atoms with Gasteiger partial charge < -0.3 is 15.4 Å². The van der Waals surface area contributed by atoms with E-state index in [1.54, 1.807) is 0 Å². The van der Waals surface area contributed by atoms with Gasteiger partial charge in [-0.2, -0.15) is 0 Å². The molecule has 2 N–H and O–H groups in total. The molecule has 5 nitrogen and oxygen atoms in total. The van der Waals surface area contributed by atoms with Crippen LogP contribution >= 0.6 is 0 Å². The van der Waals surface area contributed by atoms with Gasteiger partial charge in [0.05, 0.1) is 0 Å². The number of benzene rings is 1. The molecule has 0 unspecified atom stereocenters. The number of hydrogen-bond acceptors (Lipinski definition) is 3. The van der Waals surface area contributed by atoms with E-state index in [1.165, 1.54) is 11.1 Å². The molecule has 0 radical (unpaired) electrons. The molecule has 1 aromatic rings. The van der Waals surface area contributed by atoms with Crippen molar-refractivity contribution in [2.45, 2.75) is 65.4 Å². The van der Waals surface area contributed by atoms with E-state index < -0.39 is 11.7 Å². The molecule has 0 aliphatic rings. The first-order valence-electron chi connectivity index (χ1n) is 9.00. The smallest absolute Gasteiger partial charge is 0.407 e. The molecule has 0 atom stereocenters. The highest BCUT2D eigenvalue weighted by molar-refractivity contribution is 5.76. The third kappa shape index (κ3) is 9.75. The first-order valence-corrected chi connectivity index (χ1v) is 9.00. The van der Waals surface area contributed by atoms with Crippen molar-refractivity contribution in [3.63, 3.8) is 0 Å². The molecule has 25 heavy (non-hydrogen) atoms. The third-order valence-corrected chi connectivity index (χ3v) is 3.63. The summed E-state index contributed by atoms with van der Waals surface area (Å²) in [5, 5.41) is 5.55. The fourth-order valence-electron chi connectivity index (χ4n) is 2.24. The molecule has 0 saturated carbocycles. The molecular weight excluding hydrogens is 316 g/mol. The second kappa shape index (κ2) is 10.1. The maximum absolute atomic E-state index is 11.9. The first-order chi connectivity index (χ1) is 11.7. The van der Waals surface area contributed by atoms with Gasteiger partial charge in [-0.05, 0) is 50.7 Å². The standard InChI is InChI=1S/C20H32N2O3/c1-15(2)17-10-7-16(8-11-17)9-12-18(23)21-13-6-14-22-19(24)25-20(3,4)5/h7-8,10-11,15H,6,9,12-14H2,1-5H3,(H,21,23)(H,22,24). The van der Waals surface area contributed by atoms with E-state index in [-0.39, 0.29) is 5.91 Å². The molecule has 0 bridgehead atoms. The first kappa shape index (κ1) is 21.0. The third-order valence-electron chi connectivity index (χ3n) is 3.63. The molecule has 1 rings (SSSR count). The number of rotatable bonds is 8. The quantitative estimate of drug-likeness (QED) is 0.703. The summed E-state index contributed by atoms with van der Waals surface area (Å²) in [5.74, 6) is 0.553. The van der Waals surface area contributed by atoms with Crippen LogP contribution in [0, 0.1) is 0 Å². The number of aryl methyl sites for hydroxylation is 1. The predicted octanol–water partition coefficient (Wildman–Crippen LogP) is 3.77. The monoisotopic (exact) mass is 348 g/mol. The maximum Gasteiger partial charge on any atom is 0.407 e. The molecule has 5 heteroatoms. The van der Waals surface area contributed by atoms with Crippen LogP contribution in [0.4, 0.5) is 4.79 Å². The molecule has 1 aromatic carbocycles. The van der Waals surface area contributed by atoms with Crippen molar-refractivity contribution >= 4 is 12.0 Å². The van der Waals surface area contributed by atoms with Crippen LogP contribution in [0.15, 0.2) is 24.3 Å². The van der Waals surface area contributed by atoms with Crippen LogP contribution in [0.25, 0.3) is 0 Å². The lowest BCUT2D eigenvalue weighted by molar-refractivity contribution is -0.121. The normalized spacial score (nSPS) is 11.3. The Morgan fingerprint density at radius 1 is 1.04 bits per heavy atom. The zero-order valence-corrected chi connectivity index (χ0v) is 16.1. The van der Waals surface area contributed by atoms with Crippen molar-refractivity contribution in [2.75, 3.05) is 13.1 Å². The summed E-state index contributed by atoms with van der Waals surface area (Å²) in [6, 6.07) is 8.43. The van der Waals surface area contributed by atoms with E-state index in [2.05, 4.69) is 48.7 Å². The lowest BCUT2D eigenvalue weighted by atomic mass is 10.0. The van der Waals surface area contributed by atoms with Crippen LogP contribution in [0.1, 0.15) is 64.5 Å². The highest BCUT2D eigenvalue weighted by Crippen LogP contribution is 2.15. The van der Waals surface area contributed by atoms with Gasteiger partial charge in [0.2, 0.25) is 5.91 Å². The van der Waals surface area contributed by atoms with Crippen LogP contribution in [0.5, 0.6) is 0 Å². The number of ether oxygens (including phenoxy) is 1. The van der Waals surface area contributed by atoms with Crippen LogP contribution in [-0.4, -0.2) is 30.7 Å². The highest BCUT2D eigenvalue weighted by Gasteiger charge is 2.15. The average molecular weight is 348 g/mol. The maximum atomic E-state index is 11.9. The van der Waals surface area contributed by atoms with Crippen LogP contribution in [0.3, 0.4) is 0 Å². The van der Waals surface area contributed by atoms with Gasteiger partial charge in [0.1, 0.15) is 5.60 Å². The Balaban J connectivity index is 2.14. The van der Waals surface area contributed by atoms with Gasteiger partial charge in [0.15, 0.2) is 0 Å². The Hall–Kier alpha value is -2.04. The minimum atomic E-state index is -0.494. The van der Waals surface area contributed by atoms with Crippen molar-refractivity contribution in [3.8, 4) is 0 Å². The van der Waals surface area contributed by atoms with Gasteiger partial charge in [-0.15, -0.1) is 0 Å². The second-order valence-electron chi connectivity index (χ2n) is 7.53. The SMILES string of the molecule is CC(C)c1ccc(CCC(=O)NCCCNC(=O)OC(C)(C)C)cc1. The van der Waals surface area contributed by atoms with Crippen LogP contribution < -0.4 is 10.6 Å². The fourth-order valence-corrected chi connectivity index (χ4v) is 2.24. The zero-order valence-electron chi connectivity index (χ0n) is 16.1. The number of amides is 2. The summed E-state index contributed by atoms with van der Waals surface area (Å²) >= 11 is 0. The van der Waals surface area contributed by atoms with E-state index in [0.29, 0.717) is 31.8 Å². The molecule has 140 valence electrons. The Bertz CT molecular complexity index is 545. The molecular formula is C20H32N2O3. The Morgan fingerprint density at radius 2 is 1.64 bits per heavy atom. The van der Waals surface area contributed by atoms with Crippen molar-refractivity contribution in [1.29, 1.82) is 0 Å². The summed E-state index contributed by atoms with van der Waals surface area (Å²) in [6.07, 6.45) is 1.46. The minimum absolute atomic E-state index is 0.0326. The van der Waals surface area contributed by atoms with Crippen molar-refractivity contribution in [1.82, 2.24) is 10.6 Å². The molecule has 0 spiro atoms. The van der Waals surface area contributed by atoms with E-state index in [9.17, 15) is 9.59 Å². The largest absolute Gasteiger partial charge is 0.444 e. The molecule has 0 fully saturated rings. The molecule has 0 saturated heterocycles. The lowest BCUT2D eigenvalue weighted by Gasteiger charge is -2.19. The summed E-state index contributed by atoms with van der Waals surface area (Å²) in [5.41, 5.74) is 1.99. The van der Waals surface area contributed by atoms with E-state index in [0.717, 1.165) is 6.42 Å². The number of alkyl carbamates (subject to hydrolysis) is 1. The summed E-state index contributed by atoms with van der Waals surface area (Å²) in [6.45, 7) is 10.8. The van der Waals surface area contributed by atoms with Crippen molar-refractivity contribution < 1.29 is 14.3 Å². The summed E-state index contributed by atoms with van der Waals surface area (Å²) < 4.78 is 5.14.